The number of hydrogen-bond acceptors (Lipinski definition) is 8. The molecule has 1 saturated heterocycles. The molecule has 0 saturated carbocycles. The Labute approximate surface area is 194 Å². The molecule has 1 unspecified atom stereocenters. The first-order chi connectivity index (χ1) is 16.2. The summed E-state index contributed by atoms with van der Waals surface area (Å²) in [6.45, 7) is 1.02. The minimum Gasteiger partial charge on any atom is -0.468 e. The predicted molar refractivity (Wildman–Crippen MR) is 119 cm³/mol. The highest BCUT2D eigenvalue weighted by Crippen LogP contribution is 2.45. The average molecular weight is 499 g/mol. The van der Waals surface area contributed by atoms with Crippen LogP contribution >= 0.6 is 7.75 Å². The SMILES string of the molecule is COC(=O)[C@H](Cc1ccccc1)NP(=O)(OC)OC[C@H]1O[C@@H](n2cc(C)c(=O)[nH]c2=O)C[C@@H]1F. The van der Waals surface area contributed by atoms with Crippen molar-refractivity contribution in [3.8, 4) is 0 Å². The molecule has 2 aromatic rings. The molecule has 1 aromatic carbocycles. The highest BCUT2D eigenvalue weighted by molar-refractivity contribution is 7.51. The van der Waals surface area contributed by atoms with Crippen molar-refractivity contribution >= 4 is 13.7 Å². The third-order valence-corrected chi connectivity index (χ3v) is 6.95. The maximum absolute atomic E-state index is 14.6. The summed E-state index contributed by atoms with van der Waals surface area (Å²) in [6, 6.07) is 7.92. The second-order valence-corrected chi connectivity index (χ2v) is 9.61. The molecule has 34 heavy (non-hydrogen) atoms. The quantitative estimate of drug-likeness (QED) is 0.369. The summed E-state index contributed by atoms with van der Waals surface area (Å²) >= 11 is 0. The number of nitrogens with zero attached hydrogens (tertiary/aromatic N) is 1. The third-order valence-electron chi connectivity index (χ3n) is 5.35. The van der Waals surface area contributed by atoms with Gasteiger partial charge in [0.25, 0.3) is 5.56 Å². The number of aromatic amines is 1. The molecule has 1 aromatic heterocycles. The number of carbonyl (C=O) groups excluding carboxylic acids is 1. The predicted octanol–water partition coefficient (Wildman–Crippen LogP) is 1.62. The van der Waals surface area contributed by atoms with Gasteiger partial charge in [0.1, 0.15) is 24.5 Å². The molecule has 0 spiro atoms. The lowest BCUT2D eigenvalue weighted by Gasteiger charge is -2.24. The van der Waals surface area contributed by atoms with Gasteiger partial charge >= 0.3 is 19.4 Å². The molecule has 0 radical (unpaired) electrons. The molecule has 11 nitrogen and oxygen atoms in total. The van der Waals surface area contributed by atoms with E-state index >= 15 is 0 Å². The van der Waals surface area contributed by atoms with Gasteiger partial charge < -0.3 is 14.0 Å². The van der Waals surface area contributed by atoms with Gasteiger partial charge in [0, 0.05) is 25.3 Å². The summed E-state index contributed by atoms with van der Waals surface area (Å²) in [5.74, 6) is -0.682. The Kier molecular flexibility index (Phi) is 8.56. The Hall–Kier alpha value is -2.63. The molecule has 186 valence electrons. The van der Waals surface area contributed by atoms with E-state index in [9.17, 15) is 23.3 Å². The molecule has 0 amide bonds. The fourth-order valence-corrected chi connectivity index (χ4v) is 4.70. The summed E-state index contributed by atoms with van der Waals surface area (Å²) in [5.41, 5.74) is -0.238. The minimum atomic E-state index is -4.07. The van der Waals surface area contributed by atoms with Crippen molar-refractivity contribution in [2.75, 3.05) is 20.8 Å². The van der Waals surface area contributed by atoms with Crippen molar-refractivity contribution in [2.45, 2.75) is 44.3 Å². The van der Waals surface area contributed by atoms with E-state index in [1.807, 2.05) is 6.07 Å². The Morgan fingerprint density at radius 3 is 2.68 bits per heavy atom. The third kappa shape index (κ3) is 6.28. The van der Waals surface area contributed by atoms with Crippen LogP contribution in [0.25, 0.3) is 0 Å². The van der Waals surface area contributed by atoms with E-state index in [2.05, 4.69) is 10.1 Å². The molecule has 1 aliphatic rings. The van der Waals surface area contributed by atoms with E-state index < -0.39 is 56.1 Å². The molecule has 1 fully saturated rings. The molecular weight excluding hydrogens is 472 g/mol. The highest BCUT2D eigenvalue weighted by Gasteiger charge is 2.40. The number of H-pyrrole nitrogens is 1. The number of hydrogen-bond donors (Lipinski definition) is 2. The number of carbonyl (C=O) groups is 1. The van der Waals surface area contributed by atoms with Crippen LogP contribution in [-0.2, 0) is 34.3 Å². The fraction of sp³-hybridized carbons (Fsp3) is 0.476. The Morgan fingerprint density at radius 1 is 1.32 bits per heavy atom. The van der Waals surface area contributed by atoms with Crippen molar-refractivity contribution in [3.63, 3.8) is 0 Å². The number of esters is 1. The standard InChI is InChI=1S/C21H27FN3O8P/c1-13-11-25(21(28)23-19(13)26)18-10-15(22)17(33-18)12-32-34(29,31-3)24-16(20(27)30-2)9-14-7-5-4-6-8-14/h4-8,11,15-18H,9-10,12H2,1-3H3,(H,24,29)(H,23,26,28)/t15-,16-,17+,18+,34?/m0/s1. The summed E-state index contributed by atoms with van der Waals surface area (Å²) in [4.78, 5) is 38.0. The van der Waals surface area contributed by atoms with Crippen LogP contribution in [0, 0.1) is 6.92 Å². The Morgan fingerprint density at radius 2 is 2.03 bits per heavy atom. The van der Waals surface area contributed by atoms with Crippen LogP contribution in [0.3, 0.4) is 0 Å². The van der Waals surface area contributed by atoms with Crippen molar-refractivity contribution in [2.24, 2.45) is 0 Å². The first-order valence-corrected chi connectivity index (χ1v) is 12.0. The number of rotatable bonds is 10. The molecule has 1 aliphatic heterocycles. The number of alkyl halides is 1. The number of halogens is 1. The zero-order chi connectivity index (χ0) is 24.9. The van der Waals surface area contributed by atoms with Gasteiger partial charge in [-0.1, -0.05) is 30.3 Å². The van der Waals surface area contributed by atoms with Gasteiger partial charge in [-0.25, -0.2) is 18.8 Å². The molecule has 3 rings (SSSR count). The normalized spacial score (nSPS) is 22.8. The summed E-state index contributed by atoms with van der Waals surface area (Å²) in [7, 11) is -1.75. The summed E-state index contributed by atoms with van der Waals surface area (Å²) in [5, 5.41) is 2.55. The van der Waals surface area contributed by atoms with Crippen molar-refractivity contribution in [1.82, 2.24) is 14.6 Å². The largest absolute Gasteiger partial charge is 0.468 e. The van der Waals surface area contributed by atoms with Gasteiger partial charge in [-0.05, 0) is 18.9 Å². The maximum atomic E-state index is 14.6. The van der Waals surface area contributed by atoms with E-state index in [1.54, 1.807) is 24.3 Å². The average Bonchev–Trinajstić information content (AvgIpc) is 3.20. The van der Waals surface area contributed by atoms with E-state index in [0.29, 0.717) is 0 Å². The molecule has 2 N–H and O–H groups in total. The van der Waals surface area contributed by atoms with Gasteiger partial charge in [0.05, 0.1) is 13.7 Å². The number of ether oxygens (including phenoxy) is 2. The molecule has 13 heteroatoms. The number of benzene rings is 1. The molecule has 0 aliphatic carbocycles. The minimum absolute atomic E-state index is 0.145. The lowest BCUT2D eigenvalue weighted by atomic mass is 10.1. The Balaban J connectivity index is 1.67. The van der Waals surface area contributed by atoms with Gasteiger partial charge in [-0.2, -0.15) is 0 Å². The van der Waals surface area contributed by atoms with Crippen LogP contribution in [0.1, 0.15) is 23.8 Å². The molecule has 2 heterocycles. The fourth-order valence-electron chi connectivity index (χ4n) is 3.49. The maximum Gasteiger partial charge on any atom is 0.406 e. The first-order valence-electron chi connectivity index (χ1n) is 10.5. The monoisotopic (exact) mass is 499 g/mol. The topological polar surface area (TPSA) is 138 Å². The molecule has 0 bridgehead atoms. The van der Waals surface area contributed by atoms with Gasteiger partial charge in [0.2, 0.25) is 0 Å². The zero-order valence-electron chi connectivity index (χ0n) is 18.9. The van der Waals surface area contributed by atoms with E-state index in [0.717, 1.165) is 17.2 Å². The highest BCUT2D eigenvalue weighted by atomic mass is 31.2. The number of aromatic nitrogens is 2. The lowest BCUT2D eigenvalue weighted by molar-refractivity contribution is -0.142. The van der Waals surface area contributed by atoms with Crippen molar-refractivity contribution < 1.29 is 32.3 Å². The molecular formula is C21H27FN3O8P. The van der Waals surface area contributed by atoms with E-state index in [-0.39, 0.29) is 18.4 Å². The van der Waals surface area contributed by atoms with Crippen LogP contribution in [0.5, 0.6) is 0 Å². The van der Waals surface area contributed by atoms with Gasteiger partial charge in [-0.15, -0.1) is 0 Å². The first kappa shape index (κ1) is 26.0. The van der Waals surface area contributed by atoms with Crippen LogP contribution in [0.4, 0.5) is 4.39 Å². The Bertz CT molecular complexity index is 1150. The summed E-state index contributed by atoms with van der Waals surface area (Å²) < 4.78 is 49.6. The second-order valence-electron chi connectivity index (χ2n) is 7.73. The van der Waals surface area contributed by atoms with Crippen LogP contribution in [0.2, 0.25) is 0 Å². The van der Waals surface area contributed by atoms with E-state index in [4.69, 9.17) is 18.5 Å². The van der Waals surface area contributed by atoms with Gasteiger partial charge in [-0.3, -0.25) is 23.7 Å². The smallest absolute Gasteiger partial charge is 0.406 e. The number of methoxy groups -OCH3 is 1. The van der Waals surface area contributed by atoms with Crippen LogP contribution in [-0.4, -0.2) is 54.7 Å². The molecule has 5 atom stereocenters. The van der Waals surface area contributed by atoms with Gasteiger partial charge in [0.15, 0.2) is 0 Å². The lowest BCUT2D eigenvalue weighted by Crippen LogP contribution is -2.39. The van der Waals surface area contributed by atoms with E-state index in [1.165, 1.54) is 20.2 Å². The van der Waals surface area contributed by atoms with Crippen LogP contribution in [0.15, 0.2) is 46.1 Å². The number of nitrogens with one attached hydrogen (secondary N) is 2. The van der Waals surface area contributed by atoms with Crippen molar-refractivity contribution in [1.29, 1.82) is 0 Å². The number of aryl methyl sites for hydroxylation is 1. The zero-order valence-corrected chi connectivity index (χ0v) is 19.8. The van der Waals surface area contributed by atoms with Crippen LogP contribution < -0.4 is 16.3 Å². The van der Waals surface area contributed by atoms with Crippen molar-refractivity contribution in [3.05, 3.63) is 68.5 Å². The second kappa shape index (κ2) is 11.2. The summed E-state index contributed by atoms with van der Waals surface area (Å²) in [6.07, 6.45) is -2.44.